The molecule has 1 nitrogen and oxygen atoms in total. The second-order valence-corrected chi connectivity index (χ2v) is 6.38. The third-order valence-electron chi connectivity index (χ3n) is 5.32. The van der Waals surface area contributed by atoms with E-state index in [-0.39, 0.29) is 0 Å². The van der Waals surface area contributed by atoms with E-state index >= 15 is 0 Å². The smallest absolute Gasteiger partial charge is 0.0192 e. The van der Waals surface area contributed by atoms with Crippen LogP contribution in [0.4, 0.5) is 0 Å². The fraction of sp³-hybridized carbons (Fsp3) is 0.684. The Labute approximate surface area is 125 Å². The SMILES string of the molecule is CCCNC(C(CC)CC)C1(c2ccccc2)CCC1. The molecule has 0 radical (unpaired) electrons. The molecule has 1 fully saturated rings. The van der Waals surface area contributed by atoms with Gasteiger partial charge in [0.05, 0.1) is 0 Å². The van der Waals surface area contributed by atoms with Gasteiger partial charge in [0.15, 0.2) is 0 Å². The van der Waals surface area contributed by atoms with E-state index < -0.39 is 0 Å². The van der Waals surface area contributed by atoms with Crippen LogP contribution in [0.2, 0.25) is 0 Å². The van der Waals surface area contributed by atoms with E-state index in [2.05, 4.69) is 56.4 Å². The van der Waals surface area contributed by atoms with E-state index in [1.165, 1.54) is 38.5 Å². The second kappa shape index (κ2) is 7.26. The van der Waals surface area contributed by atoms with E-state index in [4.69, 9.17) is 0 Å². The Morgan fingerprint density at radius 3 is 2.15 bits per heavy atom. The topological polar surface area (TPSA) is 12.0 Å². The lowest BCUT2D eigenvalue weighted by Gasteiger charge is -2.51. The van der Waals surface area contributed by atoms with Gasteiger partial charge in [-0.2, -0.15) is 0 Å². The number of hydrogen-bond acceptors (Lipinski definition) is 1. The van der Waals surface area contributed by atoms with Crippen molar-refractivity contribution >= 4 is 0 Å². The van der Waals surface area contributed by atoms with Gasteiger partial charge in [0.1, 0.15) is 0 Å². The van der Waals surface area contributed by atoms with Crippen molar-refractivity contribution in [3.63, 3.8) is 0 Å². The van der Waals surface area contributed by atoms with Crippen molar-refractivity contribution in [2.24, 2.45) is 5.92 Å². The zero-order valence-corrected chi connectivity index (χ0v) is 13.5. The molecule has 0 aliphatic heterocycles. The Balaban J connectivity index is 2.28. The van der Waals surface area contributed by atoms with Gasteiger partial charge in [-0.25, -0.2) is 0 Å². The highest BCUT2D eigenvalue weighted by molar-refractivity contribution is 5.31. The molecule has 1 heteroatoms. The highest BCUT2D eigenvalue weighted by Crippen LogP contribution is 2.49. The lowest BCUT2D eigenvalue weighted by molar-refractivity contribution is 0.119. The van der Waals surface area contributed by atoms with Crippen molar-refractivity contribution in [2.45, 2.75) is 70.8 Å². The molecule has 0 heterocycles. The maximum atomic E-state index is 3.91. The van der Waals surface area contributed by atoms with Gasteiger partial charge in [-0.15, -0.1) is 0 Å². The molecule has 1 aromatic carbocycles. The normalized spacial score (nSPS) is 18.8. The average Bonchev–Trinajstić information content (AvgIpc) is 2.45. The molecule has 0 aromatic heterocycles. The number of rotatable bonds is 8. The summed E-state index contributed by atoms with van der Waals surface area (Å²) < 4.78 is 0. The maximum Gasteiger partial charge on any atom is 0.0192 e. The predicted molar refractivity (Wildman–Crippen MR) is 88.1 cm³/mol. The van der Waals surface area contributed by atoms with Crippen molar-refractivity contribution in [1.29, 1.82) is 0 Å². The van der Waals surface area contributed by atoms with Gasteiger partial charge in [-0.3, -0.25) is 0 Å². The van der Waals surface area contributed by atoms with E-state index in [9.17, 15) is 0 Å². The number of nitrogens with one attached hydrogen (secondary N) is 1. The lowest BCUT2D eigenvalue weighted by Crippen LogP contribution is -2.56. The van der Waals surface area contributed by atoms with E-state index in [0.717, 1.165) is 12.5 Å². The van der Waals surface area contributed by atoms with Crippen LogP contribution in [0.25, 0.3) is 0 Å². The quantitative estimate of drug-likeness (QED) is 0.709. The maximum absolute atomic E-state index is 3.91. The minimum absolute atomic E-state index is 0.396. The van der Waals surface area contributed by atoms with Crippen LogP contribution in [0.5, 0.6) is 0 Å². The largest absolute Gasteiger partial charge is 0.313 e. The van der Waals surface area contributed by atoms with Crippen LogP contribution in [0.3, 0.4) is 0 Å². The first-order valence-corrected chi connectivity index (χ1v) is 8.57. The molecule has 1 atom stereocenters. The number of benzene rings is 1. The third kappa shape index (κ3) is 2.93. The standard InChI is InChI=1S/C19H31N/c1-4-15-20-18(16(5-2)6-3)19(13-10-14-19)17-11-8-7-9-12-17/h7-9,11-12,16,18,20H,4-6,10,13-15H2,1-3H3. The summed E-state index contributed by atoms with van der Waals surface area (Å²) in [5, 5.41) is 3.91. The van der Waals surface area contributed by atoms with Gasteiger partial charge >= 0.3 is 0 Å². The highest BCUT2D eigenvalue weighted by atomic mass is 14.9. The molecule has 0 saturated heterocycles. The molecule has 1 aliphatic carbocycles. The van der Waals surface area contributed by atoms with Crippen LogP contribution in [0.1, 0.15) is 64.9 Å². The third-order valence-corrected chi connectivity index (χ3v) is 5.32. The van der Waals surface area contributed by atoms with Gasteiger partial charge < -0.3 is 5.32 Å². The van der Waals surface area contributed by atoms with Gasteiger partial charge in [-0.1, -0.05) is 70.4 Å². The second-order valence-electron chi connectivity index (χ2n) is 6.38. The molecule has 1 aliphatic rings. The fourth-order valence-electron chi connectivity index (χ4n) is 3.98. The molecule has 112 valence electrons. The zero-order chi connectivity index (χ0) is 14.4. The molecule has 1 aromatic rings. The summed E-state index contributed by atoms with van der Waals surface area (Å²) in [4.78, 5) is 0. The molecule has 1 N–H and O–H groups in total. The van der Waals surface area contributed by atoms with Crippen molar-refractivity contribution < 1.29 is 0 Å². The van der Waals surface area contributed by atoms with Crippen molar-refractivity contribution in [3.05, 3.63) is 35.9 Å². The highest BCUT2D eigenvalue weighted by Gasteiger charge is 2.47. The van der Waals surface area contributed by atoms with Crippen LogP contribution in [-0.2, 0) is 5.41 Å². The van der Waals surface area contributed by atoms with Crippen LogP contribution in [-0.4, -0.2) is 12.6 Å². The molecule has 20 heavy (non-hydrogen) atoms. The Hall–Kier alpha value is -0.820. The van der Waals surface area contributed by atoms with Crippen molar-refractivity contribution in [3.8, 4) is 0 Å². The minimum Gasteiger partial charge on any atom is -0.313 e. The minimum atomic E-state index is 0.396. The number of hydrogen-bond donors (Lipinski definition) is 1. The molecular weight excluding hydrogens is 242 g/mol. The Morgan fingerprint density at radius 2 is 1.70 bits per heavy atom. The summed E-state index contributed by atoms with van der Waals surface area (Å²) >= 11 is 0. The summed E-state index contributed by atoms with van der Waals surface area (Å²) in [5.74, 6) is 0.794. The van der Waals surface area contributed by atoms with Crippen LogP contribution in [0, 0.1) is 5.92 Å². The Kier molecular flexibility index (Phi) is 5.65. The molecule has 0 spiro atoms. The van der Waals surface area contributed by atoms with Gasteiger partial charge in [-0.05, 0) is 37.3 Å². The Bertz CT molecular complexity index is 376. The fourth-order valence-corrected chi connectivity index (χ4v) is 3.98. The molecular formula is C19H31N. The van der Waals surface area contributed by atoms with Crippen LogP contribution >= 0.6 is 0 Å². The van der Waals surface area contributed by atoms with Gasteiger partial charge in [0.25, 0.3) is 0 Å². The summed E-state index contributed by atoms with van der Waals surface area (Å²) in [6.45, 7) is 8.13. The van der Waals surface area contributed by atoms with Crippen LogP contribution < -0.4 is 5.32 Å². The van der Waals surface area contributed by atoms with Crippen molar-refractivity contribution in [2.75, 3.05) is 6.54 Å². The summed E-state index contributed by atoms with van der Waals surface area (Å²) in [6.07, 6.45) is 7.89. The predicted octanol–water partition coefficient (Wildman–Crippen LogP) is 4.91. The van der Waals surface area contributed by atoms with Crippen LogP contribution in [0.15, 0.2) is 30.3 Å². The first kappa shape index (κ1) is 15.6. The lowest BCUT2D eigenvalue weighted by atomic mass is 9.57. The molecule has 1 saturated carbocycles. The molecule has 2 rings (SSSR count). The summed E-state index contributed by atoms with van der Waals surface area (Å²) in [7, 11) is 0. The first-order chi connectivity index (χ1) is 9.78. The van der Waals surface area contributed by atoms with Gasteiger partial charge in [0, 0.05) is 11.5 Å². The summed E-state index contributed by atoms with van der Waals surface area (Å²) in [6, 6.07) is 11.9. The first-order valence-electron chi connectivity index (χ1n) is 8.57. The zero-order valence-electron chi connectivity index (χ0n) is 13.5. The van der Waals surface area contributed by atoms with Crippen molar-refractivity contribution in [1.82, 2.24) is 5.32 Å². The molecule has 0 amide bonds. The van der Waals surface area contributed by atoms with E-state index in [1.807, 2.05) is 0 Å². The monoisotopic (exact) mass is 273 g/mol. The summed E-state index contributed by atoms with van der Waals surface area (Å²) in [5.41, 5.74) is 1.96. The Morgan fingerprint density at radius 1 is 1.05 bits per heavy atom. The van der Waals surface area contributed by atoms with E-state index in [0.29, 0.717) is 11.5 Å². The average molecular weight is 273 g/mol. The van der Waals surface area contributed by atoms with Gasteiger partial charge in [0.2, 0.25) is 0 Å². The molecule has 1 unspecified atom stereocenters. The van der Waals surface area contributed by atoms with E-state index in [1.54, 1.807) is 5.56 Å². The molecule has 0 bridgehead atoms.